The monoisotopic (exact) mass is 447 g/mol. The highest BCUT2D eigenvalue weighted by atomic mass is 32.1. The molecule has 0 saturated carbocycles. The van der Waals surface area contributed by atoms with E-state index >= 15 is 0 Å². The number of aromatic amines is 1. The molecule has 2 aromatic heterocycles. The summed E-state index contributed by atoms with van der Waals surface area (Å²) in [6.07, 6.45) is 2.04. The number of benzene rings is 2. The van der Waals surface area contributed by atoms with Crippen molar-refractivity contribution in [2.75, 3.05) is 5.32 Å². The summed E-state index contributed by atoms with van der Waals surface area (Å²) in [6.45, 7) is 6.20. The predicted octanol–water partition coefficient (Wildman–Crippen LogP) is 5.41. The lowest BCUT2D eigenvalue weighted by Crippen LogP contribution is -2.14. The van der Waals surface area contributed by atoms with E-state index in [4.69, 9.17) is 12.2 Å². The molecule has 0 bridgehead atoms. The molecule has 0 saturated heterocycles. The van der Waals surface area contributed by atoms with Gasteiger partial charge in [0.1, 0.15) is 0 Å². The number of anilines is 1. The quantitative estimate of drug-likeness (QED) is 0.293. The lowest BCUT2D eigenvalue weighted by Gasteiger charge is -2.05. The summed E-state index contributed by atoms with van der Waals surface area (Å²) >= 11 is 6.66. The lowest BCUT2D eigenvalue weighted by molar-refractivity contribution is -0.115. The molecule has 0 radical (unpaired) electrons. The zero-order valence-electron chi connectivity index (χ0n) is 17.0. The molecule has 4 aromatic rings. The molecule has 6 nitrogen and oxygen atoms in total. The van der Waals surface area contributed by atoms with Gasteiger partial charge in [-0.15, -0.1) is 6.58 Å². The van der Waals surface area contributed by atoms with Gasteiger partial charge in [0, 0.05) is 6.54 Å². The number of nitrogens with one attached hydrogen (secondary N) is 2. The van der Waals surface area contributed by atoms with Gasteiger partial charge in [-0.1, -0.05) is 72.0 Å². The highest BCUT2D eigenvalue weighted by molar-refractivity contribution is 7.71. The van der Waals surface area contributed by atoms with Crippen LogP contribution in [0.15, 0.2) is 67.3 Å². The summed E-state index contributed by atoms with van der Waals surface area (Å²) < 4.78 is 2.37. The minimum Gasteiger partial charge on any atom is -0.302 e. The molecule has 0 aliphatic rings. The zero-order valence-corrected chi connectivity index (χ0v) is 18.6. The maximum absolute atomic E-state index is 12.6. The Morgan fingerprint density at radius 3 is 2.61 bits per heavy atom. The van der Waals surface area contributed by atoms with Crippen LogP contribution in [0.5, 0.6) is 0 Å². The number of aryl methyl sites for hydroxylation is 1. The normalized spacial score (nSPS) is 10.7. The molecule has 8 heteroatoms. The van der Waals surface area contributed by atoms with Crippen LogP contribution in [0, 0.1) is 11.7 Å². The van der Waals surface area contributed by atoms with Crippen molar-refractivity contribution in [1.82, 2.24) is 19.7 Å². The van der Waals surface area contributed by atoms with Crippen LogP contribution in [0.3, 0.4) is 0 Å². The highest BCUT2D eigenvalue weighted by Gasteiger charge is 2.17. The fourth-order valence-corrected chi connectivity index (χ4v) is 4.43. The van der Waals surface area contributed by atoms with Crippen LogP contribution in [0.4, 0.5) is 5.13 Å². The van der Waals surface area contributed by atoms with Crippen LogP contribution in [0.2, 0.25) is 0 Å². The summed E-state index contributed by atoms with van der Waals surface area (Å²) in [5, 5.41) is 10.6. The molecule has 0 spiro atoms. The molecular formula is C23H21N5OS2. The average Bonchev–Trinajstić information content (AvgIpc) is 3.31. The molecule has 4 rings (SSSR count). The van der Waals surface area contributed by atoms with Crippen molar-refractivity contribution in [1.29, 1.82) is 0 Å². The molecule has 0 fully saturated rings. The van der Waals surface area contributed by atoms with Gasteiger partial charge < -0.3 is 5.32 Å². The van der Waals surface area contributed by atoms with Crippen LogP contribution in [-0.4, -0.2) is 25.7 Å². The second-order valence-corrected chi connectivity index (χ2v) is 8.36. The van der Waals surface area contributed by atoms with Crippen molar-refractivity contribution in [3.63, 3.8) is 0 Å². The van der Waals surface area contributed by atoms with Gasteiger partial charge in [0.2, 0.25) is 5.91 Å². The third-order valence-electron chi connectivity index (χ3n) is 4.74. The van der Waals surface area contributed by atoms with Crippen LogP contribution in [0.1, 0.15) is 11.3 Å². The Balaban J connectivity index is 1.46. The molecule has 0 unspecified atom stereocenters. The number of allylic oxidation sites excluding steroid dienone is 1. The standard InChI is InChI=1S/C23H21N5OS2/c1-3-13-28-21(26-27-23(28)30)20-15(2)24-22(31-20)25-19(29)14-16-9-11-18(12-10-16)17-7-5-4-6-8-17/h3-12H,1,13-14H2,2H3,(H,27,30)(H,24,25,29). The Kier molecular flexibility index (Phi) is 6.20. The topological polar surface area (TPSA) is 75.6 Å². The molecule has 31 heavy (non-hydrogen) atoms. The number of rotatable bonds is 7. The first-order valence-corrected chi connectivity index (χ1v) is 11.0. The van der Waals surface area contributed by atoms with Crippen molar-refractivity contribution in [2.24, 2.45) is 0 Å². The van der Waals surface area contributed by atoms with E-state index in [2.05, 4.69) is 39.2 Å². The SMILES string of the molecule is C=CCn1c(-c2sc(NC(=O)Cc3ccc(-c4ccccc4)cc3)nc2C)n[nH]c1=S. The zero-order chi connectivity index (χ0) is 21.8. The van der Waals surface area contributed by atoms with Crippen LogP contribution in [-0.2, 0) is 17.8 Å². The third kappa shape index (κ3) is 4.70. The number of hydrogen-bond acceptors (Lipinski definition) is 5. The highest BCUT2D eigenvalue weighted by Crippen LogP contribution is 2.31. The maximum Gasteiger partial charge on any atom is 0.230 e. The largest absolute Gasteiger partial charge is 0.302 e. The molecular weight excluding hydrogens is 426 g/mol. The van der Waals surface area contributed by atoms with Crippen LogP contribution >= 0.6 is 23.6 Å². The van der Waals surface area contributed by atoms with Crippen molar-refractivity contribution in [3.8, 4) is 21.8 Å². The summed E-state index contributed by atoms with van der Waals surface area (Å²) in [4.78, 5) is 17.9. The van der Waals surface area contributed by atoms with E-state index in [1.165, 1.54) is 11.3 Å². The van der Waals surface area contributed by atoms with Crippen molar-refractivity contribution >= 4 is 34.6 Å². The van der Waals surface area contributed by atoms with Gasteiger partial charge in [0.15, 0.2) is 15.7 Å². The van der Waals surface area contributed by atoms with Crippen molar-refractivity contribution in [2.45, 2.75) is 19.9 Å². The minimum atomic E-state index is -0.113. The lowest BCUT2D eigenvalue weighted by atomic mass is 10.0. The molecule has 0 aliphatic heterocycles. The molecule has 0 aliphatic carbocycles. The Morgan fingerprint density at radius 2 is 1.90 bits per heavy atom. The average molecular weight is 448 g/mol. The van der Waals surface area contributed by atoms with E-state index in [0.29, 0.717) is 22.3 Å². The first kappa shape index (κ1) is 20.9. The van der Waals surface area contributed by atoms with Crippen molar-refractivity contribution < 1.29 is 4.79 Å². The Morgan fingerprint density at radius 1 is 1.19 bits per heavy atom. The fraction of sp³-hybridized carbons (Fsp3) is 0.130. The Labute approximate surface area is 189 Å². The molecule has 2 aromatic carbocycles. The second kappa shape index (κ2) is 9.20. The number of thiazole rings is 1. The smallest absolute Gasteiger partial charge is 0.230 e. The number of amides is 1. The molecule has 2 N–H and O–H groups in total. The Bertz CT molecular complexity index is 1270. The van der Waals surface area contributed by atoms with Crippen molar-refractivity contribution in [3.05, 3.63) is 83.3 Å². The van der Waals surface area contributed by atoms with Gasteiger partial charge in [0.05, 0.1) is 17.0 Å². The van der Waals surface area contributed by atoms with Crippen LogP contribution in [0.25, 0.3) is 21.8 Å². The second-order valence-electron chi connectivity index (χ2n) is 6.97. The first-order chi connectivity index (χ1) is 15.0. The van der Waals surface area contributed by atoms with Gasteiger partial charge in [-0.05, 0) is 35.8 Å². The van der Waals surface area contributed by atoms with Gasteiger partial charge in [-0.3, -0.25) is 14.5 Å². The molecule has 0 atom stereocenters. The Hall–Kier alpha value is -3.36. The van der Waals surface area contributed by atoms with Gasteiger partial charge in [0.25, 0.3) is 0 Å². The number of aromatic nitrogens is 4. The number of carbonyl (C=O) groups excluding carboxylic acids is 1. The van der Waals surface area contributed by atoms with Crippen LogP contribution < -0.4 is 5.32 Å². The molecule has 156 valence electrons. The summed E-state index contributed by atoms with van der Waals surface area (Å²) in [5.41, 5.74) is 4.00. The number of hydrogen-bond donors (Lipinski definition) is 2. The molecule has 2 heterocycles. The van der Waals surface area contributed by atoms with E-state index in [1.54, 1.807) is 6.08 Å². The van der Waals surface area contributed by atoms with Gasteiger partial charge in [-0.2, -0.15) is 5.10 Å². The summed E-state index contributed by atoms with van der Waals surface area (Å²) in [7, 11) is 0. The predicted molar refractivity (Wildman–Crippen MR) is 128 cm³/mol. The van der Waals surface area contributed by atoms with E-state index < -0.39 is 0 Å². The summed E-state index contributed by atoms with van der Waals surface area (Å²) in [5.74, 6) is 0.578. The maximum atomic E-state index is 12.6. The molecule has 1 amide bonds. The first-order valence-electron chi connectivity index (χ1n) is 9.73. The number of nitrogens with zero attached hydrogens (tertiary/aromatic N) is 3. The minimum absolute atomic E-state index is 0.113. The van der Waals surface area contributed by atoms with Gasteiger partial charge in [-0.25, -0.2) is 4.98 Å². The van der Waals surface area contributed by atoms with E-state index in [-0.39, 0.29) is 12.3 Å². The number of H-pyrrole nitrogens is 1. The summed E-state index contributed by atoms with van der Waals surface area (Å²) in [6, 6.07) is 18.2. The van der Waals surface area contributed by atoms with E-state index in [9.17, 15) is 4.79 Å². The van der Waals surface area contributed by atoms with E-state index in [0.717, 1.165) is 27.3 Å². The van der Waals surface area contributed by atoms with E-state index in [1.807, 2.05) is 54.0 Å². The third-order valence-corrected chi connectivity index (χ3v) is 6.12. The fourth-order valence-electron chi connectivity index (χ4n) is 3.24. The van der Waals surface area contributed by atoms with Gasteiger partial charge >= 0.3 is 0 Å². The number of carbonyl (C=O) groups is 1.